The van der Waals surface area contributed by atoms with Gasteiger partial charge in [0.05, 0.1) is 22.5 Å². The minimum atomic E-state index is -3.05. The summed E-state index contributed by atoms with van der Waals surface area (Å²) in [5.41, 5.74) is 1.34. The Labute approximate surface area is 202 Å². The Morgan fingerprint density at radius 1 is 1.15 bits per heavy atom. The fourth-order valence-electron chi connectivity index (χ4n) is 3.83. The van der Waals surface area contributed by atoms with Gasteiger partial charge in [-0.1, -0.05) is 11.6 Å². The summed E-state index contributed by atoms with van der Waals surface area (Å²) in [7, 11) is -3.05. The second-order valence-corrected chi connectivity index (χ2v) is 10.9. The molecule has 2 aromatic carbocycles. The van der Waals surface area contributed by atoms with Crippen LogP contribution in [-0.2, 0) is 9.84 Å². The molecule has 1 fully saturated rings. The van der Waals surface area contributed by atoms with E-state index in [0.717, 1.165) is 36.6 Å². The van der Waals surface area contributed by atoms with Gasteiger partial charge in [-0.3, -0.25) is 0 Å². The summed E-state index contributed by atoms with van der Waals surface area (Å²) in [5, 5.41) is 7.01. The number of ether oxygens (including phenoxy) is 2. The summed E-state index contributed by atoms with van der Waals surface area (Å²) in [5.74, 6) is 0.593. The van der Waals surface area contributed by atoms with Crippen molar-refractivity contribution in [1.82, 2.24) is 15.3 Å². The molecule has 0 radical (unpaired) electrons. The zero-order valence-corrected chi connectivity index (χ0v) is 20.2. The van der Waals surface area contributed by atoms with Gasteiger partial charge < -0.3 is 20.1 Å². The lowest BCUT2D eigenvalue weighted by molar-refractivity contribution is 0.135. The third-order valence-corrected chi connectivity index (χ3v) is 6.58. The van der Waals surface area contributed by atoms with E-state index in [0.29, 0.717) is 17.2 Å². The van der Waals surface area contributed by atoms with Crippen LogP contribution in [0.15, 0.2) is 42.9 Å². The Hall–Kier alpha value is -2.69. The normalized spacial score (nSPS) is 18.6. The lowest BCUT2D eigenvalue weighted by atomic mass is 9.93. The highest BCUT2D eigenvalue weighted by Crippen LogP contribution is 2.34. The van der Waals surface area contributed by atoms with Crippen LogP contribution in [0.5, 0.6) is 11.5 Å². The van der Waals surface area contributed by atoms with E-state index in [-0.39, 0.29) is 29.8 Å². The second-order valence-electron chi connectivity index (χ2n) is 8.34. The quantitative estimate of drug-likeness (QED) is 0.415. The highest BCUT2D eigenvalue weighted by molar-refractivity contribution is 7.90. The molecule has 0 aliphatic heterocycles. The van der Waals surface area contributed by atoms with Crippen LogP contribution in [0.4, 0.5) is 10.1 Å². The monoisotopic (exact) mass is 508 g/mol. The van der Waals surface area contributed by atoms with Gasteiger partial charge in [-0.25, -0.2) is 22.8 Å². The standard InChI is InChI=1S/C23H26ClFN4O4S/c1-34(30,31)14-29-16-2-5-18(6-3-16)33-23-8-15-11-26-12-27-21(15)10-22(23)32-13-28-17-4-7-20(25)19(24)9-17/h4,7-12,16,18,28-29H,2-3,5-6,13-14H2,1H3. The van der Waals surface area contributed by atoms with Gasteiger partial charge in [0.15, 0.2) is 28.1 Å². The Bertz CT molecular complexity index is 1250. The highest BCUT2D eigenvalue weighted by Gasteiger charge is 2.24. The number of benzene rings is 2. The Balaban J connectivity index is 1.41. The molecule has 182 valence electrons. The molecule has 11 heteroatoms. The van der Waals surface area contributed by atoms with Crippen LogP contribution in [0.25, 0.3) is 10.9 Å². The van der Waals surface area contributed by atoms with E-state index in [9.17, 15) is 12.8 Å². The highest BCUT2D eigenvalue weighted by atomic mass is 35.5. The number of aromatic nitrogens is 2. The van der Waals surface area contributed by atoms with Crippen molar-refractivity contribution in [2.75, 3.05) is 24.2 Å². The first-order valence-electron chi connectivity index (χ1n) is 10.9. The predicted octanol–water partition coefficient (Wildman–Crippen LogP) is 4.15. The minimum Gasteiger partial charge on any atom is -0.487 e. The smallest absolute Gasteiger partial charge is 0.166 e. The zero-order chi connectivity index (χ0) is 24.1. The van der Waals surface area contributed by atoms with E-state index in [1.54, 1.807) is 18.3 Å². The van der Waals surface area contributed by atoms with Crippen LogP contribution in [-0.4, -0.2) is 49.4 Å². The summed E-state index contributed by atoms with van der Waals surface area (Å²) >= 11 is 5.84. The van der Waals surface area contributed by atoms with Crippen LogP contribution < -0.4 is 20.1 Å². The molecule has 0 saturated heterocycles. The van der Waals surface area contributed by atoms with Gasteiger partial charge in [-0.05, 0) is 49.9 Å². The summed E-state index contributed by atoms with van der Waals surface area (Å²) in [6.45, 7) is 0.108. The van der Waals surface area contributed by atoms with E-state index in [4.69, 9.17) is 21.1 Å². The van der Waals surface area contributed by atoms with E-state index < -0.39 is 15.7 Å². The molecular weight excluding hydrogens is 483 g/mol. The number of fused-ring (bicyclic) bond motifs is 1. The maximum atomic E-state index is 13.4. The summed E-state index contributed by atoms with van der Waals surface area (Å²) < 4.78 is 48.4. The van der Waals surface area contributed by atoms with E-state index in [1.807, 2.05) is 6.07 Å². The van der Waals surface area contributed by atoms with Crippen molar-refractivity contribution in [3.8, 4) is 11.5 Å². The number of hydrogen-bond acceptors (Lipinski definition) is 8. The van der Waals surface area contributed by atoms with Crippen LogP contribution >= 0.6 is 11.6 Å². The third-order valence-electron chi connectivity index (χ3n) is 5.60. The molecule has 3 aromatic rings. The van der Waals surface area contributed by atoms with Crippen LogP contribution in [0.3, 0.4) is 0 Å². The number of anilines is 1. The lowest BCUT2D eigenvalue weighted by Gasteiger charge is -2.30. The fraction of sp³-hybridized carbons (Fsp3) is 0.391. The zero-order valence-electron chi connectivity index (χ0n) is 18.6. The minimum absolute atomic E-state index is 0.0158. The second kappa shape index (κ2) is 10.7. The van der Waals surface area contributed by atoms with Crippen molar-refractivity contribution in [1.29, 1.82) is 0 Å². The maximum Gasteiger partial charge on any atom is 0.166 e. The fourth-order valence-corrected chi connectivity index (χ4v) is 4.55. The predicted molar refractivity (Wildman–Crippen MR) is 130 cm³/mol. The van der Waals surface area contributed by atoms with Gasteiger partial charge in [-0.15, -0.1) is 0 Å². The molecule has 0 unspecified atom stereocenters. The van der Waals surface area contributed by atoms with Gasteiger partial charge in [0.2, 0.25) is 0 Å². The van der Waals surface area contributed by atoms with E-state index in [1.165, 1.54) is 24.7 Å². The van der Waals surface area contributed by atoms with Crippen molar-refractivity contribution in [3.63, 3.8) is 0 Å². The number of rotatable bonds is 9. The Morgan fingerprint density at radius 2 is 1.94 bits per heavy atom. The molecule has 0 spiro atoms. The first-order chi connectivity index (χ1) is 16.3. The van der Waals surface area contributed by atoms with Gasteiger partial charge in [0, 0.05) is 35.6 Å². The lowest BCUT2D eigenvalue weighted by Crippen LogP contribution is -2.38. The maximum absolute atomic E-state index is 13.4. The Kier molecular flexibility index (Phi) is 7.70. The van der Waals surface area contributed by atoms with Crippen LogP contribution in [0.1, 0.15) is 25.7 Å². The molecule has 1 aliphatic rings. The topological polar surface area (TPSA) is 102 Å². The molecule has 1 saturated carbocycles. The molecule has 1 heterocycles. The third kappa shape index (κ3) is 6.68. The summed E-state index contributed by atoms with van der Waals surface area (Å²) in [6, 6.07) is 8.15. The molecule has 0 amide bonds. The SMILES string of the molecule is CS(=O)(=O)CNC1CCC(Oc2cc3cncnc3cc2OCNc2ccc(F)c(Cl)c2)CC1. The van der Waals surface area contributed by atoms with Gasteiger partial charge in [0.1, 0.15) is 12.1 Å². The molecule has 0 bridgehead atoms. The van der Waals surface area contributed by atoms with Crippen molar-refractivity contribution in [3.05, 3.63) is 53.7 Å². The van der Waals surface area contributed by atoms with Crippen LogP contribution in [0, 0.1) is 5.82 Å². The van der Waals surface area contributed by atoms with E-state index >= 15 is 0 Å². The van der Waals surface area contributed by atoms with Gasteiger partial charge in [-0.2, -0.15) is 0 Å². The summed E-state index contributed by atoms with van der Waals surface area (Å²) in [6.07, 6.45) is 7.59. The molecule has 34 heavy (non-hydrogen) atoms. The van der Waals surface area contributed by atoms with Crippen molar-refractivity contribution < 1.29 is 22.3 Å². The van der Waals surface area contributed by atoms with Crippen molar-refractivity contribution in [2.45, 2.75) is 37.8 Å². The largest absolute Gasteiger partial charge is 0.487 e. The Morgan fingerprint density at radius 3 is 2.68 bits per heavy atom. The molecule has 4 rings (SSSR count). The van der Waals surface area contributed by atoms with E-state index in [2.05, 4.69) is 20.6 Å². The first kappa shape index (κ1) is 24.4. The molecule has 8 nitrogen and oxygen atoms in total. The number of sulfone groups is 1. The number of halogens is 2. The number of nitrogens with zero attached hydrogens (tertiary/aromatic N) is 2. The van der Waals surface area contributed by atoms with Crippen LogP contribution in [0.2, 0.25) is 5.02 Å². The molecule has 2 N–H and O–H groups in total. The summed E-state index contributed by atoms with van der Waals surface area (Å²) in [4.78, 5) is 8.36. The molecule has 1 aliphatic carbocycles. The van der Waals surface area contributed by atoms with Crippen molar-refractivity contribution >= 4 is 38.0 Å². The average molecular weight is 509 g/mol. The first-order valence-corrected chi connectivity index (χ1v) is 13.3. The number of hydrogen-bond donors (Lipinski definition) is 2. The molecule has 0 atom stereocenters. The van der Waals surface area contributed by atoms with Gasteiger partial charge in [0.25, 0.3) is 0 Å². The van der Waals surface area contributed by atoms with Gasteiger partial charge >= 0.3 is 0 Å². The number of nitrogens with one attached hydrogen (secondary N) is 2. The van der Waals surface area contributed by atoms with Crippen molar-refractivity contribution in [2.24, 2.45) is 0 Å². The average Bonchev–Trinajstić information content (AvgIpc) is 2.80. The molecular formula is C23H26ClFN4O4S. The molecule has 1 aromatic heterocycles.